The van der Waals surface area contributed by atoms with Crippen molar-refractivity contribution >= 4 is 32.4 Å². The Morgan fingerprint density at radius 2 is 2.17 bits per heavy atom. The van der Waals surface area contributed by atoms with Crippen LogP contribution < -0.4 is 0 Å². The second kappa shape index (κ2) is 5.70. The molecule has 1 aromatic carbocycles. The van der Waals surface area contributed by atoms with Crippen LogP contribution in [0.4, 0.5) is 0 Å². The summed E-state index contributed by atoms with van der Waals surface area (Å²) in [5, 5.41) is 5.86. The van der Waals surface area contributed by atoms with Crippen molar-refractivity contribution < 1.29 is 0 Å². The maximum absolute atomic E-state index is 4.63. The Morgan fingerprint density at radius 1 is 1.39 bits per heavy atom. The first kappa shape index (κ1) is 13.3. The van der Waals surface area contributed by atoms with E-state index in [9.17, 15) is 0 Å². The predicted octanol–water partition coefficient (Wildman–Crippen LogP) is 4.93. The average molecular weight is 307 g/mol. The van der Waals surface area contributed by atoms with E-state index < -0.39 is 0 Å². The van der Waals surface area contributed by atoms with Crippen molar-refractivity contribution in [3.8, 4) is 0 Å². The number of rotatable bonds is 4. The molecule has 0 saturated carbocycles. The zero-order valence-electron chi connectivity index (χ0n) is 11.2. The number of aromatic nitrogens is 2. The quantitative estimate of drug-likeness (QED) is 0.783. The van der Waals surface area contributed by atoms with Crippen molar-refractivity contribution in [1.29, 1.82) is 0 Å². The molecule has 2 aromatic rings. The normalized spacial score (nSPS) is 12.3. The summed E-state index contributed by atoms with van der Waals surface area (Å²) in [7, 11) is 2.03. The molecule has 3 heteroatoms. The second-order valence-corrected chi connectivity index (χ2v) is 5.35. The lowest BCUT2D eigenvalue weighted by molar-refractivity contribution is 0.760. The average Bonchev–Trinajstić information content (AvgIpc) is 2.67. The highest BCUT2D eigenvalue weighted by Crippen LogP contribution is 2.31. The molecule has 0 N–H and O–H groups in total. The number of hydrogen-bond donors (Lipinski definition) is 0. The van der Waals surface area contributed by atoms with E-state index in [-0.39, 0.29) is 0 Å². The summed E-state index contributed by atoms with van der Waals surface area (Å²) >= 11 is 3.58. The third-order valence-corrected chi connectivity index (χ3v) is 3.73. The summed E-state index contributed by atoms with van der Waals surface area (Å²) in [5.74, 6) is 0. The minimum Gasteiger partial charge on any atom is -0.267 e. The maximum atomic E-state index is 4.63. The van der Waals surface area contributed by atoms with Gasteiger partial charge in [-0.05, 0) is 40.4 Å². The van der Waals surface area contributed by atoms with Gasteiger partial charge in [0.25, 0.3) is 0 Å². The molecular formula is C15H19BrN2. The van der Waals surface area contributed by atoms with Crippen LogP contribution in [0, 0.1) is 0 Å². The largest absolute Gasteiger partial charge is 0.267 e. The van der Waals surface area contributed by atoms with Gasteiger partial charge in [-0.15, -0.1) is 0 Å². The second-order valence-electron chi connectivity index (χ2n) is 4.50. The molecule has 0 aliphatic rings. The van der Waals surface area contributed by atoms with Gasteiger partial charge >= 0.3 is 0 Å². The van der Waals surface area contributed by atoms with Crippen LogP contribution >= 0.6 is 15.9 Å². The Kier molecular flexibility index (Phi) is 4.23. The molecule has 2 nitrogen and oxygen atoms in total. The molecule has 0 atom stereocenters. The van der Waals surface area contributed by atoms with Gasteiger partial charge in [0.1, 0.15) is 5.52 Å². The van der Waals surface area contributed by atoms with Gasteiger partial charge in [0.2, 0.25) is 0 Å². The van der Waals surface area contributed by atoms with Gasteiger partial charge in [-0.1, -0.05) is 38.5 Å². The van der Waals surface area contributed by atoms with E-state index >= 15 is 0 Å². The van der Waals surface area contributed by atoms with Crippen LogP contribution in [0.25, 0.3) is 16.5 Å². The van der Waals surface area contributed by atoms with E-state index in [0.29, 0.717) is 0 Å². The number of fused-ring (bicyclic) bond motifs is 1. The van der Waals surface area contributed by atoms with Gasteiger partial charge in [0.05, 0.1) is 5.69 Å². The van der Waals surface area contributed by atoms with Crippen LogP contribution in [0.5, 0.6) is 0 Å². The Morgan fingerprint density at radius 3 is 2.83 bits per heavy atom. The number of halogens is 1. The molecule has 0 radical (unpaired) electrons. The van der Waals surface area contributed by atoms with Crippen LogP contribution in [-0.4, -0.2) is 9.78 Å². The van der Waals surface area contributed by atoms with Gasteiger partial charge in [-0.25, -0.2) is 0 Å². The molecule has 0 saturated heterocycles. The lowest BCUT2D eigenvalue weighted by Gasteiger charge is -2.07. The Hall–Kier alpha value is -1.09. The molecule has 0 bridgehead atoms. The SMILES string of the molecule is CC/C=C(\CCC)c1c2cccc(Br)c2nn1C. The zero-order valence-corrected chi connectivity index (χ0v) is 12.8. The topological polar surface area (TPSA) is 17.8 Å². The van der Waals surface area contributed by atoms with E-state index in [0.717, 1.165) is 29.3 Å². The minimum atomic E-state index is 1.05. The number of allylic oxidation sites excluding steroid dienone is 2. The van der Waals surface area contributed by atoms with Crippen LogP contribution in [-0.2, 0) is 7.05 Å². The van der Waals surface area contributed by atoms with Gasteiger partial charge in [-0.3, -0.25) is 4.68 Å². The molecule has 0 fully saturated rings. The van der Waals surface area contributed by atoms with Crippen LogP contribution in [0.3, 0.4) is 0 Å². The van der Waals surface area contributed by atoms with E-state index in [1.165, 1.54) is 16.7 Å². The molecule has 0 amide bonds. The summed E-state index contributed by atoms with van der Waals surface area (Å²) < 4.78 is 3.07. The highest BCUT2D eigenvalue weighted by molar-refractivity contribution is 9.10. The molecule has 1 aromatic heterocycles. The van der Waals surface area contributed by atoms with E-state index in [1.54, 1.807) is 0 Å². The van der Waals surface area contributed by atoms with Gasteiger partial charge in [-0.2, -0.15) is 5.10 Å². The molecule has 0 aliphatic heterocycles. The lowest BCUT2D eigenvalue weighted by Crippen LogP contribution is -1.98. The van der Waals surface area contributed by atoms with E-state index in [2.05, 4.69) is 53.1 Å². The predicted molar refractivity (Wildman–Crippen MR) is 81.6 cm³/mol. The van der Waals surface area contributed by atoms with Crippen LogP contribution in [0.15, 0.2) is 28.7 Å². The standard InChI is InChI=1S/C15H19BrN2/c1-4-7-11(8-5-2)15-12-9-6-10-13(16)14(12)17-18(15)3/h6-7,9-10H,4-5,8H2,1-3H3/b11-7+. The third-order valence-electron chi connectivity index (χ3n) is 3.09. The van der Waals surface area contributed by atoms with Crippen LogP contribution in [0.1, 0.15) is 38.8 Å². The Bertz CT molecular complexity index is 581. The first-order valence-electron chi connectivity index (χ1n) is 6.49. The summed E-state index contributed by atoms with van der Waals surface area (Å²) in [5.41, 5.74) is 3.71. The van der Waals surface area contributed by atoms with Crippen molar-refractivity contribution in [3.05, 3.63) is 34.4 Å². The summed E-state index contributed by atoms with van der Waals surface area (Å²) in [4.78, 5) is 0. The lowest BCUT2D eigenvalue weighted by atomic mass is 10.0. The summed E-state index contributed by atoms with van der Waals surface area (Å²) in [6.45, 7) is 4.40. The number of nitrogens with zero attached hydrogens (tertiary/aromatic N) is 2. The van der Waals surface area contributed by atoms with Gasteiger partial charge in [0.15, 0.2) is 0 Å². The van der Waals surface area contributed by atoms with Crippen LogP contribution in [0.2, 0.25) is 0 Å². The minimum absolute atomic E-state index is 1.05. The van der Waals surface area contributed by atoms with Crippen molar-refractivity contribution in [3.63, 3.8) is 0 Å². The molecular weight excluding hydrogens is 288 g/mol. The summed E-state index contributed by atoms with van der Waals surface area (Å²) in [6.07, 6.45) is 5.65. The van der Waals surface area contributed by atoms with Crippen molar-refractivity contribution in [1.82, 2.24) is 9.78 Å². The van der Waals surface area contributed by atoms with Crippen molar-refractivity contribution in [2.75, 3.05) is 0 Å². The molecule has 0 aliphatic carbocycles. The fraction of sp³-hybridized carbons (Fsp3) is 0.400. The van der Waals surface area contributed by atoms with E-state index in [4.69, 9.17) is 0 Å². The molecule has 2 rings (SSSR count). The zero-order chi connectivity index (χ0) is 13.1. The monoisotopic (exact) mass is 306 g/mol. The first-order valence-corrected chi connectivity index (χ1v) is 7.29. The molecule has 0 unspecified atom stereocenters. The Balaban J connectivity index is 2.66. The maximum Gasteiger partial charge on any atom is 0.107 e. The highest BCUT2D eigenvalue weighted by Gasteiger charge is 2.13. The van der Waals surface area contributed by atoms with Gasteiger partial charge in [0, 0.05) is 16.9 Å². The smallest absolute Gasteiger partial charge is 0.107 e. The van der Waals surface area contributed by atoms with Crippen molar-refractivity contribution in [2.45, 2.75) is 33.1 Å². The number of aryl methyl sites for hydroxylation is 1. The third kappa shape index (κ3) is 2.37. The molecule has 96 valence electrons. The fourth-order valence-corrected chi connectivity index (χ4v) is 2.84. The van der Waals surface area contributed by atoms with Crippen molar-refractivity contribution in [2.24, 2.45) is 7.05 Å². The summed E-state index contributed by atoms with van der Waals surface area (Å²) in [6, 6.07) is 6.27. The number of hydrogen-bond acceptors (Lipinski definition) is 1. The molecule has 0 spiro atoms. The molecule has 18 heavy (non-hydrogen) atoms. The fourth-order valence-electron chi connectivity index (χ4n) is 2.40. The number of benzene rings is 1. The molecule has 1 heterocycles. The highest BCUT2D eigenvalue weighted by atomic mass is 79.9. The van der Waals surface area contributed by atoms with Gasteiger partial charge < -0.3 is 0 Å². The Labute approximate surface area is 117 Å². The van der Waals surface area contributed by atoms with E-state index in [1.807, 2.05) is 17.8 Å². The first-order chi connectivity index (χ1) is 8.69.